The number of hydrogen-bond donors (Lipinski definition) is 0. The van der Waals surface area contributed by atoms with Crippen LogP contribution in [0.1, 0.15) is 0 Å². The molecule has 0 unspecified atom stereocenters. The number of hydrogen-bond acceptors (Lipinski definition) is 2. The molecular weight excluding hydrogens is 709 g/mol. The van der Waals surface area contributed by atoms with Crippen LogP contribution in [0.5, 0.6) is 0 Å². The molecule has 0 N–H and O–H groups in total. The molecule has 58 heavy (non-hydrogen) atoms. The van der Waals surface area contributed by atoms with Gasteiger partial charge in [0.2, 0.25) is 0 Å². The van der Waals surface area contributed by atoms with Crippen LogP contribution < -0.4 is 0 Å². The summed E-state index contributed by atoms with van der Waals surface area (Å²) in [5, 5.41) is 9.32. The molecule has 4 heteroatoms. The maximum Gasteiger partial charge on any atom is 0.139 e. The standard InChI is InChI=1S/C54H32N2O2/c1-2-12-37(13-3-1)55-49-20-9-6-17-41(49)42-28-34(21-24-50(42)55)36-23-26-52-44(30-36)46-31-45-43-29-35(22-25-51(43)57-53(45)32-54(46)58-52)33-11-10-14-38(27-33)56-47-18-7-4-15-39(47)40-16-5-8-19-48(40)56/h1-32H. The molecule has 13 aromatic rings. The lowest BCUT2D eigenvalue weighted by Gasteiger charge is -2.10. The third-order valence-electron chi connectivity index (χ3n) is 12.1. The van der Waals surface area contributed by atoms with E-state index in [4.69, 9.17) is 8.83 Å². The van der Waals surface area contributed by atoms with E-state index in [0.29, 0.717) is 0 Å². The molecule has 0 bridgehead atoms. The van der Waals surface area contributed by atoms with Gasteiger partial charge in [-0.25, -0.2) is 0 Å². The molecule has 0 aliphatic heterocycles. The number of benzene rings is 9. The van der Waals surface area contributed by atoms with Crippen molar-refractivity contribution in [2.75, 3.05) is 0 Å². The van der Waals surface area contributed by atoms with E-state index in [1.54, 1.807) is 0 Å². The van der Waals surface area contributed by atoms with Crippen molar-refractivity contribution in [3.63, 3.8) is 0 Å². The Hall–Kier alpha value is -7.82. The lowest BCUT2D eigenvalue weighted by molar-refractivity contribution is 0.656. The number of furan rings is 2. The summed E-state index contributed by atoms with van der Waals surface area (Å²) >= 11 is 0. The molecule has 13 rings (SSSR count). The number of aromatic nitrogens is 2. The summed E-state index contributed by atoms with van der Waals surface area (Å²) in [6.07, 6.45) is 0. The monoisotopic (exact) mass is 740 g/mol. The van der Waals surface area contributed by atoms with Gasteiger partial charge in [0, 0.05) is 60.5 Å². The minimum Gasteiger partial charge on any atom is -0.456 e. The van der Waals surface area contributed by atoms with Crippen molar-refractivity contribution in [1.29, 1.82) is 0 Å². The molecule has 0 saturated heterocycles. The maximum atomic E-state index is 6.46. The first-order valence-electron chi connectivity index (χ1n) is 19.7. The fourth-order valence-electron chi connectivity index (χ4n) is 9.44. The average Bonchev–Trinajstić information content (AvgIpc) is 4.02. The van der Waals surface area contributed by atoms with Gasteiger partial charge in [0.1, 0.15) is 22.3 Å². The lowest BCUT2D eigenvalue weighted by atomic mass is 9.99. The second-order valence-electron chi connectivity index (χ2n) is 15.3. The average molecular weight is 741 g/mol. The van der Waals surface area contributed by atoms with E-state index in [0.717, 1.165) is 71.9 Å². The van der Waals surface area contributed by atoms with Crippen LogP contribution in [0.25, 0.3) is 121 Å². The molecule has 4 heterocycles. The highest BCUT2D eigenvalue weighted by Gasteiger charge is 2.18. The van der Waals surface area contributed by atoms with Gasteiger partial charge in [0.25, 0.3) is 0 Å². The Bertz CT molecular complexity index is 3750. The topological polar surface area (TPSA) is 36.1 Å². The predicted molar refractivity (Wildman–Crippen MR) is 241 cm³/mol. The zero-order chi connectivity index (χ0) is 37.9. The number of para-hydroxylation sites is 4. The molecule has 270 valence electrons. The van der Waals surface area contributed by atoms with Crippen molar-refractivity contribution in [2.45, 2.75) is 0 Å². The van der Waals surface area contributed by atoms with Gasteiger partial charge in [-0.15, -0.1) is 0 Å². The van der Waals surface area contributed by atoms with Gasteiger partial charge in [-0.3, -0.25) is 0 Å². The third kappa shape index (κ3) is 4.51. The Labute approximate surface area is 332 Å². The molecule has 0 fully saturated rings. The first kappa shape index (κ1) is 31.4. The van der Waals surface area contributed by atoms with E-state index in [-0.39, 0.29) is 0 Å². The van der Waals surface area contributed by atoms with Crippen molar-refractivity contribution in [2.24, 2.45) is 0 Å². The van der Waals surface area contributed by atoms with Crippen LogP contribution >= 0.6 is 0 Å². The lowest BCUT2D eigenvalue weighted by Crippen LogP contribution is -1.94. The summed E-state index contributed by atoms with van der Waals surface area (Å²) in [6, 6.07) is 69.6. The Morgan fingerprint density at radius 2 is 0.672 bits per heavy atom. The SMILES string of the molecule is c1ccc(-n2c3ccccc3c3cc(-c4ccc5oc6cc7oc8ccc(-c9cccc(-n%10c%11ccccc%11c%11ccccc%11%10)c9)cc8c7cc6c5c4)ccc32)cc1. The summed E-state index contributed by atoms with van der Waals surface area (Å²) in [7, 11) is 0. The van der Waals surface area contributed by atoms with E-state index in [2.05, 4.69) is 203 Å². The molecular formula is C54H32N2O2. The van der Waals surface area contributed by atoms with Crippen molar-refractivity contribution >= 4 is 87.5 Å². The van der Waals surface area contributed by atoms with Crippen LogP contribution in [0.4, 0.5) is 0 Å². The number of rotatable bonds is 4. The minimum absolute atomic E-state index is 0.818. The van der Waals surface area contributed by atoms with Crippen LogP contribution in [-0.4, -0.2) is 9.13 Å². The quantitative estimate of drug-likeness (QED) is 0.180. The van der Waals surface area contributed by atoms with Gasteiger partial charge in [0.15, 0.2) is 0 Å². The smallest absolute Gasteiger partial charge is 0.139 e. The van der Waals surface area contributed by atoms with Gasteiger partial charge >= 0.3 is 0 Å². The summed E-state index contributed by atoms with van der Waals surface area (Å²) in [6.45, 7) is 0. The van der Waals surface area contributed by atoms with Crippen molar-refractivity contribution in [3.8, 4) is 33.6 Å². The molecule has 0 amide bonds. The summed E-state index contributed by atoms with van der Waals surface area (Å²) in [4.78, 5) is 0. The van der Waals surface area contributed by atoms with Crippen molar-refractivity contribution in [3.05, 3.63) is 194 Å². The molecule has 0 aliphatic rings. The molecule has 0 radical (unpaired) electrons. The van der Waals surface area contributed by atoms with Gasteiger partial charge < -0.3 is 18.0 Å². The molecule has 0 aliphatic carbocycles. The van der Waals surface area contributed by atoms with Crippen LogP contribution in [0.3, 0.4) is 0 Å². The molecule has 0 saturated carbocycles. The van der Waals surface area contributed by atoms with Crippen LogP contribution in [0.15, 0.2) is 203 Å². The highest BCUT2D eigenvalue weighted by Crippen LogP contribution is 2.41. The molecule has 4 nitrogen and oxygen atoms in total. The van der Waals surface area contributed by atoms with Crippen molar-refractivity contribution in [1.82, 2.24) is 9.13 Å². The first-order chi connectivity index (χ1) is 28.7. The molecule has 0 atom stereocenters. The van der Waals surface area contributed by atoms with Crippen LogP contribution in [0, 0.1) is 0 Å². The van der Waals surface area contributed by atoms with E-state index in [1.165, 1.54) is 49.2 Å². The summed E-state index contributed by atoms with van der Waals surface area (Å²) in [5.74, 6) is 0. The second-order valence-corrected chi connectivity index (χ2v) is 15.3. The van der Waals surface area contributed by atoms with Crippen LogP contribution in [0.2, 0.25) is 0 Å². The van der Waals surface area contributed by atoms with E-state index in [9.17, 15) is 0 Å². The first-order valence-corrected chi connectivity index (χ1v) is 19.7. The number of fused-ring (bicyclic) bond motifs is 12. The van der Waals surface area contributed by atoms with Gasteiger partial charge in [-0.05, 0) is 107 Å². The molecule has 0 spiro atoms. The zero-order valence-electron chi connectivity index (χ0n) is 31.2. The Morgan fingerprint density at radius 3 is 1.28 bits per heavy atom. The number of nitrogens with zero attached hydrogens (tertiary/aromatic N) is 2. The van der Waals surface area contributed by atoms with E-state index >= 15 is 0 Å². The third-order valence-corrected chi connectivity index (χ3v) is 12.1. The van der Waals surface area contributed by atoms with E-state index < -0.39 is 0 Å². The largest absolute Gasteiger partial charge is 0.456 e. The fourth-order valence-corrected chi connectivity index (χ4v) is 9.44. The van der Waals surface area contributed by atoms with Gasteiger partial charge in [0.05, 0.1) is 22.1 Å². The Balaban J connectivity index is 0.933. The predicted octanol–water partition coefficient (Wildman–Crippen LogP) is 15.0. The highest BCUT2D eigenvalue weighted by atomic mass is 16.3. The Morgan fingerprint density at radius 1 is 0.241 bits per heavy atom. The van der Waals surface area contributed by atoms with Crippen molar-refractivity contribution < 1.29 is 8.83 Å². The zero-order valence-corrected chi connectivity index (χ0v) is 31.2. The van der Waals surface area contributed by atoms with E-state index in [1.807, 2.05) is 0 Å². The summed E-state index contributed by atoms with van der Waals surface area (Å²) < 4.78 is 17.7. The molecule has 4 aromatic heterocycles. The summed E-state index contributed by atoms with van der Waals surface area (Å²) in [5.41, 5.74) is 15.1. The van der Waals surface area contributed by atoms with Gasteiger partial charge in [-0.1, -0.05) is 103 Å². The van der Waals surface area contributed by atoms with Gasteiger partial charge in [-0.2, -0.15) is 0 Å². The molecule has 9 aromatic carbocycles. The van der Waals surface area contributed by atoms with Crippen LogP contribution in [-0.2, 0) is 0 Å². The second kappa shape index (κ2) is 11.8. The maximum absolute atomic E-state index is 6.46. The normalized spacial score (nSPS) is 12.1. The fraction of sp³-hybridized carbons (Fsp3) is 0. The minimum atomic E-state index is 0.818. The highest BCUT2D eigenvalue weighted by molar-refractivity contribution is 6.17. The Kier molecular flexibility index (Phi) is 6.41.